The summed E-state index contributed by atoms with van der Waals surface area (Å²) in [6.45, 7) is 0.577. The van der Waals surface area contributed by atoms with Gasteiger partial charge in [0.2, 0.25) is 0 Å². The van der Waals surface area contributed by atoms with Crippen LogP contribution in [0.2, 0.25) is 0 Å². The third kappa shape index (κ3) is 3.08. The van der Waals surface area contributed by atoms with Crippen LogP contribution in [0.15, 0.2) is 39.9 Å². The summed E-state index contributed by atoms with van der Waals surface area (Å²) in [7, 11) is 1.51. The summed E-state index contributed by atoms with van der Waals surface area (Å²) >= 11 is 1.03. The van der Waals surface area contributed by atoms with Crippen LogP contribution in [0.3, 0.4) is 0 Å². The number of aromatic nitrogens is 1. The van der Waals surface area contributed by atoms with Crippen LogP contribution in [0.4, 0.5) is 8.78 Å². The molecule has 8 heteroatoms. The zero-order chi connectivity index (χ0) is 16.4. The molecule has 0 fully saturated rings. The number of nitrogens with zero attached hydrogens (tertiary/aromatic N) is 2. The van der Waals surface area contributed by atoms with Crippen LogP contribution in [0, 0.1) is 11.6 Å². The Hall–Kier alpha value is -2.32. The van der Waals surface area contributed by atoms with Gasteiger partial charge in [0, 0.05) is 19.7 Å². The Morgan fingerprint density at radius 1 is 1.43 bits per heavy atom. The van der Waals surface area contributed by atoms with E-state index in [2.05, 4.69) is 4.99 Å². The average Bonchev–Trinajstić information content (AvgIpc) is 3.12. The molecular weight excluding hydrogens is 326 g/mol. The molecule has 0 aliphatic heterocycles. The van der Waals surface area contributed by atoms with Crippen LogP contribution < -0.4 is 4.80 Å². The van der Waals surface area contributed by atoms with Crippen LogP contribution in [-0.4, -0.2) is 24.2 Å². The molecule has 2 heterocycles. The minimum atomic E-state index is -0.709. The Kier molecular flexibility index (Phi) is 4.35. The van der Waals surface area contributed by atoms with Crippen LogP contribution in [-0.2, 0) is 11.3 Å². The number of carbonyl (C=O) groups excluding carboxylic acids is 1. The number of carbonyl (C=O) groups is 1. The number of halogens is 2. The minimum absolute atomic E-state index is 0.0763. The van der Waals surface area contributed by atoms with Crippen molar-refractivity contribution in [2.24, 2.45) is 4.99 Å². The fraction of sp³-hybridized carbons (Fsp3) is 0.200. The first kappa shape index (κ1) is 15.6. The SMILES string of the molecule is COCCn1c(=NC(=O)c2ccco2)sc2cc(F)cc(F)c21. The third-order valence-corrected chi connectivity index (χ3v) is 4.17. The number of thiazole rings is 1. The number of rotatable bonds is 4. The van der Waals surface area contributed by atoms with Gasteiger partial charge in [-0.05, 0) is 18.2 Å². The van der Waals surface area contributed by atoms with Crippen molar-refractivity contribution in [2.75, 3.05) is 13.7 Å². The number of methoxy groups -OCH3 is 1. The van der Waals surface area contributed by atoms with Gasteiger partial charge in [-0.25, -0.2) is 8.78 Å². The number of furan rings is 1. The molecule has 120 valence electrons. The second-order valence-corrected chi connectivity index (χ2v) is 5.67. The zero-order valence-electron chi connectivity index (χ0n) is 12.1. The zero-order valence-corrected chi connectivity index (χ0v) is 12.9. The molecule has 1 amide bonds. The van der Waals surface area contributed by atoms with E-state index in [9.17, 15) is 13.6 Å². The molecule has 5 nitrogen and oxygen atoms in total. The summed E-state index contributed by atoms with van der Waals surface area (Å²) in [6, 6.07) is 5.07. The van der Waals surface area contributed by atoms with Gasteiger partial charge in [0.25, 0.3) is 0 Å². The lowest BCUT2D eigenvalue weighted by Crippen LogP contribution is -2.19. The number of amides is 1. The van der Waals surface area contributed by atoms with Crippen molar-refractivity contribution in [1.29, 1.82) is 0 Å². The van der Waals surface area contributed by atoms with E-state index in [0.717, 1.165) is 17.4 Å². The maximum absolute atomic E-state index is 14.1. The smallest absolute Gasteiger partial charge is 0.315 e. The van der Waals surface area contributed by atoms with E-state index in [1.807, 2.05) is 0 Å². The highest BCUT2D eigenvalue weighted by Gasteiger charge is 2.15. The summed E-state index contributed by atoms with van der Waals surface area (Å²) in [4.78, 5) is 16.3. The molecule has 0 aliphatic rings. The highest BCUT2D eigenvalue weighted by atomic mass is 32.1. The van der Waals surface area contributed by atoms with E-state index in [1.165, 1.54) is 30.1 Å². The van der Waals surface area contributed by atoms with Gasteiger partial charge in [0.15, 0.2) is 16.4 Å². The highest BCUT2D eigenvalue weighted by molar-refractivity contribution is 7.16. The molecule has 0 spiro atoms. The molecule has 1 aromatic carbocycles. The van der Waals surface area contributed by atoms with Crippen molar-refractivity contribution < 1.29 is 22.7 Å². The van der Waals surface area contributed by atoms with Crippen molar-refractivity contribution >= 4 is 27.5 Å². The van der Waals surface area contributed by atoms with Crippen molar-refractivity contribution in [2.45, 2.75) is 6.54 Å². The average molecular weight is 338 g/mol. The molecule has 2 aromatic heterocycles. The van der Waals surface area contributed by atoms with Crippen molar-refractivity contribution in [3.63, 3.8) is 0 Å². The Balaban J connectivity index is 2.18. The van der Waals surface area contributed by atoms with E-state index in [4.69, 9.17) is 9.15 Å². The highest BCUT2D eigenvalue weighted by Crippen LogP contribution is 2.22. The van der Waals surface area contributed by atoms with Crippen molar-refractivity contribution in [1.82, 2.24) is 4.57 Å². The molecule has 0 atom stereocenters. The van der Waals surface area contributed by atoms with E-state index >= 15 is 0 Å². The molecule has 0 aliphatic carbocycles. The molecular formula is C15H12F2N2O3S. The molecule has 3 rings (SSSR count). The van der Waals surface area contributed by atoms with E-state index < -0.39 is 17.5 Å². The molecule has 0 unspecified atom stereocenters. The standard InChI is InChI=1S/C15H12F2N2O3S/c1-21-6-4-19-13-10(17)7-9(16)8-12(13)23-15(19)18-14(20)11-3-2-5-22-11/h2-3,5,7-8H,4,6H2,1H3. The van der Waals surface area contributed by atoms with Gasteiger partial charge in [-0.1, -0.05) is 11.3 Å². The fourth-order valence-electron chi connectivity index (χ4n) is 2.15. The monoisotopic (exact) mass is 338 g/mol. The van der Waals surface area contributed by atoms with E-state index in [0.29, 0.717) is 11.3 Å². The fourth-order valence-corrected chi connectivity index (χ4v) is 3.24. The largest absolute Gasteiger partial charge is 0.459 e. The summed E-state index contributed by atoms with van der Waals surface area (Å²) in [6.07, 6.45) is 1.36. The van der Waals surface area contributed by atoms with Crippen molar-refractivity contribution in [3.8, 4) is 0 Å². The van der Waals surface area contributed by atoms with Crippen LogP contribution >= 0.6 is 11.3 Å². The van der Waals surface area contributed by atoms with Gasteiger partial charge in [0.05, 0.1) is 23.1 Å². The van der Waals surface area contributed by atoms with Crippen molar-refractivity contribution in [3.05, 3.63) is 52.7 Å². The van der Waals surface area contributed by atoms with Crippen LogP contribution in [0.5, 0.6) is 0 Å². The first-order valence-electron chi connectivity index (χ1n) is 6.70. The lowest BCUT2D eigenvalue weighted by molar-refractivity contribution is 0.0971. The van der Waals surface area contributed by atoms with E-state index in [1.54, 1.807) is 6.07 Å². The number of hydrogen-bond acceptors (Lipinski definition) is 4. The van der Waals surface area contributed by atoms with Gasteiger partial charge in [0.1, 0.15) is 5.82 Å². The Morgan fingerprint density at radius 2 is 2.26 bits per heavy atom. The van der Waals surface area contributed by atoms with Gasteiger partial charge in [-0.3, -0.25) is 4.79 Å². The first-order chi connectivity index (χ1) is 11.1. The lowest BCUT2D eigenvalue weighted by Gasteiger charge is -2.04. The predicted molar refractivity (Wildman–Crippen MR) is 80.2 cm³/mol. The Labute approximate surface area is 133 Å². The maximum Gasteiger partial charge on any atom is 0.315 e. The molecule has 0 N–H and O–H groups in total. The minimum Gasteiger partial charge on any atom is -0.459 e. The second kappa shape index (κ2) is 6.43. The second-order valence-electron chi connectivity index (χ2n) is 4.66. The third-order valence-electron chi connectivity index (χ3n) is 3.14. The molecule has 23 heavy (non-hydrogen) atoms. The first-order valence-corrected chi connectivity index (χ1v) is 7.51. The number of benzene rings is 1. The quantitative estimate of drug-likeness (QED) is 0.735. The number of ether oxygens (including phenoxy) is 1. The topological polar surface area (TPSA) is 56.7 Å². The van der Waals surface area contributed by atoms with Gasteiger partial charge < -0.3 is 13.7 Å². The molecule has 0 saturated carbocycles. The van der Waals surface area contributed by atoms with Gasteiger partial charge in [-0.15, -0.1) is 0 Å². The van der Waals surface area contributed by atoms with Gasteiger partial charge >= 0.3 is 5.91 Å². The predicted octanol–water partition coefficient (Wildman–Crippen LogP) is 2.96. The summed E-state index contributed by atoms with van der Waals surface area (Å²) in [5.41, 5.74) is 0.194. The van der Waals surface area contributed by atoms with Gasteiger partial charge in [-0.2, -0.15) is 4.99 Å². The van der Waals surface area contributed by atoms with E-state index in [-0.39, 0.29) is 22.6 Å². The Morgan fingerprint density at radius 3 is 2.96 bits per heavy atom. The molecule has 0 saturated heterocycles. The number of hydrogen-bond donors (Lipinski definition) is 0. The summed E-state index contributed by atoms with van der Waals surface area (Å²) < 4.78 is 39.4. The molecule has 0 bridgehead atoms. The number of fused-ring (bicyclic) bond motifs is 1. The Bertz CT molecular complexity index is 913. The van der Waals surface area contributed by atoms with Crippen LogP contribution in [0.25, 0.3) is 10.2 Å². The van der Waals surface area contributed by atoms with Crippen LogP contribution in [0.1, 0.15) is 10.6 Å². The maximum atomic E-state index is 14.1. The summed E-state index contributed by atoms with van der Waals surface area (Å²) in [5, 5.41) is 0. The normalized spacial score (nSPS) is 12.2. The molecule has 3 aromatic rings. The lowest BCUT2D eigenvalue weighted by atomic mass is 10.3. The molecule has 0 radical (unpaired) electrons. The summed E-state index contributed by atoms with van der Waals surface area (Å²) in [5.74, 6) is -1.90.